The van der Waals surface area contributed by atoms with Gasteiger partial charge in [-0.3, -0.25) is 4.98 Å². The van der Waals surface area contributed by atoms with Crippen LogP contribution in [0.15, 0.2) is 42.6 Å². The largest absolute Gasteiger partial charge is 0.398 e. The average Bonchev–Trinajstić information content (AvgIpc) is 2.95. The molecule has 3 rings (SSSR count). The molecule has 20 heavy (non-hydrogen) atoms. The Morgan fingerprint density at radius 2 is 2.00 bits per heavy atom. The van der Waals surface area contributed by atoms with Gasteiger partial charge in [0, 0.05) is 33.6 Å². The Labute approximate surface area is 122 Å². The van der Waals surface area contributed by atoms with E-state index >= 15 is 0 Å². The maximum atomic E-state index is 5.99. The first-order chi connectivity index (χ1) is 9.78. The van der Waals surface area contributed by atoms with E-state index in [4.69, 9.17) is 5.73 Å². The van der Waals surface area contributed by atoms with Crippen LogP contribution in [0.2, 0.25) is 0 Å². The predicted molar refractivity (Wildman–Crippen MR) is 87.2 cm³/mol. The van der Waals surface area contributed by atoms with Gasteiger partial charge in [-0.15, -0.1) is 11.3 Å². The molecule has 3 aromatic rings. The molecule has 3 N–H and O–H groups in total. The van der Waals surface area contributed by atoms with Crippen molar-refractivity contribution in [2.24, 2.45) is 0 Å². The monoisotopic (exact) mass is 283 g/mol. The Kier molecular flexibility index (Phi) is 3.56. The molecule has 2 aromatic heterocycles. The second kappa shape index (κ2) is 5.51. The molecular weight excluding hydrogens is 266 g/mol. The maximum absolute atomic E-state index is 5.99. The molecule has 0 spiro atoms. The SMILES string of the molecule is CCc1ccc(CNc2ccc(N)c3cccnc23)s1. The molecule has 0 aliphatic carbocycles. The summed E-state index contributed by atoms with van der Waals surface area (Å²) in [7, 11) is 0. The number of anilines is 2. The van der Waals surface area contributed by atoms with Crippen LogP contribution in [0.1, 0.15) is 16.7 Å². The number of nitrogens with two attached hydrogens (primary N) is 1. The minimum Gasteiger partial charge on any atom is -0.398 e. The number of hydrogen-bond donors (Lipinski definition) is 2. The number of nitrogen functional groups attached to an aromatic ring is 1. The summed E-state index contributed by atoms with van der Waals surface area (Å²) in [5.74, 6) is 0. The Bertz CT molecular complexity index is 733. The van der Waals surface area contributed by atoms with Gasteiger partial charge in [0.05, 0.1) is 11.2 Å². The van der Waals surface area contributed by atoms with E-state index in [-0.39, 0.29) is 0 Å². The van der Waals surface area contributed by atoms with Gasteiger partial charge in [-0.05, 0) is 42.8 Å². The van der Waals surface area contributed by atoms with Crippen molar-refractivity contribution in [3.8, 4) is 0 Å². The van der Waals surface area contributed by atoms with E-state index in [1.54, 1.807) is 6.20 Å². The first-order valence-corrected chi connectivity index (χ1v) is 7.54. The summed E-state index contributed by atoms with van der Waals surface area (Å²) in [5, 5.41) is 4.46. The van der Waals surface area contributed by atoms with Crippen LogP contribution in [0.25, 0.3) is 10.9 Å². The van der Waals surface area contributed by atoms with Crippen LogP contribution < -0.4 is 11.1 Å². The molecule has 4 heteroatoms. The highest BCUT2D eigenvalue weighted by molar-refractivity contribution is 7.12. The molecule has 2 heterocycles. The zero-order chi connectivity index (χ0) is 13.9. The van der Waals surface area contributed by atoms with Gasteiger partial charge in [0.25, 0.3) is 0 Å². The molecule has 0 saturated carbocycles. The van der Waals surface area contributed by atoms with E-state index in [0.29, 0.717) is 0 Å². The zero-order valence-electron chi connectivity index (χ0n) is 11.4. The third-order valence-electron chi connectivity index (χ3n) is 3.32. The van der Waals surface area contributed by atoms with Crippen LogP contribution >= 0.6 is 11.3 Å². The summed E-state index contributed by atoms with van der Waals surface area (Å²) >= 11 is 1.85. The molecule has 0 radical (unpaired) electrons. The summed E-state index contributed by atoms with van der Waals surface area (Å²) < 4.78 is 0. The fraction of sp³-hybridized carbons (Fsp3) is 0.188. The second-order valence-electron chi connectivity index (χ2n) is 4.68. The first kappa shape index (κ1) is 12.9. The van der Waals surface area contributed by atoms with Gasteiger partial charge in [-0.25, -0.2) is 0 Å². The number of hydrogen-bond acceptors (Lipinski definition) is 4. The van der Waals surface area contributed by atoms with Crippen LogP contribution in [-0.2, 0) is 13.0 Å². The summed E-state index contributed by atoms with van der Waals surface area (Å²) in [6, 6.07) is 12.2. The summed E-state index contributed by atoms with van der Waals surface area (Å²) in [5.41, 5.74) is 8.71. The van der Waals surface area contributed by atoms with Crippen LogP contribution in [0, 0.1) is 0 Å². The number of aryl methyl sites for hydroxylation is 1. The van der Waals surface area contributed by atoms with Crippen LogP contribution in [-0.4, -0.2) is 4.98 Å². The van der Waals surface area contributed by atoms with Crippen LogP contribution in [0.4, 0.5) is 11.4 Å². The fourth-order valence-electron chi connectivity index (χ4n) is 2.23. The van der Waals surface area contributed by atoms with E-state index in [9.17, 15) is 0 Å². The minimum absolute atomic E-state index is 0.767. The lowest BCUT2D eigenvalue weighted by Crippen LogP contribution is -2.00. The van der Waals surface area contributed by atoms with Gasteiger partial charge >= 0.3 is 0 Å². The second-order valence-corrected chi connectivity index (χ2v) is 5.93. The standard InChI is InChI=1S/C16H17N3S/c1-2-11-5-6-12(20-11)10-19-15-8-7-14(17)13-4-3-9-18-16(13)15/h3-9,19H,2,10,17H2,1H3. The number of pyridine rings is 1. The zero-order valence-corrected chi connectivity index (χ0v) is 12.2. The van der Waals surface area contributed by atoms with Crippen molar-refractivity contribution >= 4 is 33.6 Å². The minimum atomic E-state index is 0.767. The Morgan fingerprint density at radius 3 is 2.80 bits per heavy atom. The van der Waals surface area contributed by atoms with Gasteiger partial charge in [-0.2, -0.15) is 0 Å². The quantitative estimate of drug-likeness (QED) is 0.710. The number of thiophene rings is 1. The summed E-state index contributed by atoms with van der Waals surface area (Å²) in [6.07, 6.45) is 2.89. The van der Waals surface area contributed by atoms with Crippen molar-refractivity contribution in [2.45, 2.75) is 19.9 Å². The van der Waals surface area contributed by atoms with E-state index < -0.39 is 0 Å². The number of nitrogens with zero attached hydrogens (tertiary/aromatic N) is 1. The highest BCUT2D eigenvalue weighted by Crippen LogP contribution is 2.27. The normalized spacial score (nSPS) is 10.8. The summed E-state index contributed by atoms with van der Waals surface area (Å²) in [6.45, 7) is 3.00. The third kappa shape index (κ3) is 2.47. The number of fused-ring (bicyclic) bond motifs is 1. The Morgan fingerprint density at radius 1 is 1.15 bits per heavy atom. The molecule has 0 bridgehead atoms. The fourth-order valence-corrected chi connectivity index (χ4v) is 3.12. The third-order valence-corrected chi connectivity index (χ3v) is 4.55. The van der Waals surface area contributed by atoms with E-state index in [1.807, 2.05) is 35.6 Å². The molecular formula is C16H17N3S. The van der Waals surface area contributed by atoms with Gasteiger partial charge in [-0.1, -0.05) is 6.92 Å². The smallest absolute Gasteiger partial charge is 0.0953 e. The molecule has 0 atom stereocenters. The van der Waals surface area contributed by atoms with E-state index in [1.165, 1.54) is 9.75 Å². The molecule has 0 aliphatic heterocycles. The van der Waals surface area contributed by atoms with Crippen molar-refractivity contribution in [3.05, 3.63) is 52.3 Å². The van der Waals surface area contributed by atoms with E-state index in [2.05, 4.69) is 29.4 Å². The first-order valence-electron chi connectivity index (χ1n) is 6.72. The van der Waals surface area contributed by atoms with Crippen molar-refractivity contribution < 1.29 is 0 Å². The molecule has 0 fully saturated rings. The number of nitrogens with one attached hydrogen (secondary N) is 1. The molecule has 0 saturated heterocycles. The highest BCUT2D eigenvalue weighted by atomic mass is 32.1. The van der Waals surface area contributed by atoms with Gasteiger partial charge in [0.1, 0.15) is 0 Å². The predicted octanol–water partition coefficient (Wildman–Crippen LogP) is 4.05. The maximum Gasteiger partial charge on any atom is 0.0953 e. The Balaban J connectivity index is 1.86. The average molecular weight is 283 g/mol. The lowest BCUT2D eigenvalue weighted by molar-refractivity contribution is 1.19. The lowest BCUT2D eigenvalue weighted by Gasteiger charge is -2.09. The number of aromatic nitrogens is 1. The molecule has 0 unspecified atom stereocenters. The molecule has 1 aromatic carbocycles. The molecule has 0 amide bonds. The lowest BCUT2D eigenvalue weighted by atomic mass is 10.1. The van der Waals surface area contributed by atoms with Crippen molar-refractivity contribution in [1.82, 2.24) is 4.98 Å². The van der Waals surface area contributed by atoms with Crippen molar-refractivity contribution in [3.63, 3.8) is 0 Å². The molecule has 3 nitrogen and oxygen atoms in total. The van der Waals surface area contributed by atoms with Crippen LogP contribution in [0.5, 0.6) is 0 Å². The van der Waals surface area contributed by atoms with Crippen LogP contribution in [0.3, 0.4) is 0 Å². The number of benzene rings is 1. The van der Waals surface area contributed by atoms with E-state index in [0.717, 1.165) is 35.2 Å². The molecule has 102 valence electrons. The van der Waals surface area contributed by atoms with Gasteiger partial charge in [0.15, 0.2) is 0 Å². The van der Waals surface area contributed by atoms with Crippen molar-refractivity contribution in [2.75, 3.05) is 11.1 Å². The van der Waals surface area contributed by atoms with Crippen molar-refractivity contribution in [1.29, 1.82) is 0 Å². The highest BCUT2D eigenvalue weighted by Gasteiger charge is 2.05. The number of rotatable bonds is 4. The van der Waals surface area contributed by atoms with Gasteiger partial charge in [0.2, 0.25) is 0 Å². The summed E-state index contributed by atoms with van der Waals surface area (Å²) in [4.78, 5) is 7.19. The topological polar surface area (TPSA) is 50.9 Å². The van der Waals surface area contributed by atoms with Gasteiger partial charge < -0.3 is 11.1 Å². The Hall–Kier alpha value is -2.07. The molecule has 0 aliphatic rings.